The van der Waals surface area contributed by atoms with E-state index in [1.54, 1.807) is 18.1 Å². The maximum absolute atomic E-state index is 11.8. The van der Waals surface area contributed by atoms with Gasteiger partial charge in [0.1, 0.15) is 0 Å². The van der Waals surface area contributed by atoms with E-state index in [9.17, 15) is 4.79 Å². The molecule has 1 aromatic carbocycles. The van der Waals surface area contributed by atoms with Crippen molar-refractivity contribution in [2.75, 3.05) is 0 Å². The molecule has 0 radical (unpaired) electrons. The molecule has 2 heterocycles. The zero-order valence-electron chi connectivity index (χ0n) is 11.2. The topological polar surface area (TPSA) is 45.6 Å². The van der Waals surface area contributed by atoms with Crippen LogP contribution < -0.4 is 0 Å². The summed E-state index contributed by atoms with van der Waals surface area (Å²) in [5.74, 6) is -0.0511. The highest BCUT2D eigenvalue weighted by Crippen LogP contribution is 2.31. The van der Waals surface area contributed by atoms with E-state index < -0.39 is 0 Å². The molecule has 1 aliphatic rings. The summed E-state index contributed by atoms with van der Waals surface area (Å²) in [5.41, 5.74) is 2.78. The Balaban J connectivity index is 1.94. The summed E-state index contributed by atoms with van der Waals surface area (Å²) in [4.78, 5) is 16.1. The van der Waals surface area contributed by atoms with Gasteiger partial charge in [0.15, 0.2) is 0 Å². The van der Waals surface area contributed by atoms with Crippen LogP contribution in [0.25, 0.3) is 0 Å². The fourth-order valence-electron chi connectivity index (χ4n) is 2.42. The molecule has 0 saturated carbocycles. The van der Waals surface area contributed by atoms with Gasteiger partial charge in [0.05, 0.1) is 17.4 Å². The van der Waals surface area contributed by atoms with Crippen molar-refractivity contribution < 1.29 is 4.79 Å². The summed E-state index contributed by atoms with van der Waals surface area (Å²) >= 11 is 0. The van der Waals surface area contributed by atoms with Gasteiger partial charge in [-0.3, -0.25) is 9.78 Å². The molecule has 0 spiro atoms. The second-order valence-electron chi connectivity index (χ2n) is 4.76. The van der Waals surface area contributed by atoms with Crippen molar-refractivity contribution in [1.82, 2.24) is 9.99 Å². The lowest BCUT2D eigenvalue weighted by Gasteiger charge is -2.20. The molecule has 1 aromatic heterocycles. The van der Waals surface area contributed by atoms with E-state index in [1.807, 2.05) is 48.5 Å². The van der Waals surface area contributed by atoms with Crippen LogP contribution >= 0.6 is 0 Å². The van der Waals surface area contributed by atoms with Gasteiger partial charge in [0.25, 0.3) is 0 Å². The predicted octanol–water partition coefficient (Wildman–Crippen LogP) is 2.78. The van der Waals surface area contributed by atoms with Crippen molar-refractivity contribution in [2.24, 2.45) is 5.10 Å². The molecule has 4 nitrogen and oxygen atoms in total. The molecule has 2 aromatic rings. The molecule has 0 unspecified atom stereocenters. The Hall–Kier alpha value is -2.49. The molecule has 1 atom stereocenters. The molecule has 1 aliphatic heterocycles. The number of carbonyl (C=O) groups excluding carboxylic acids is 1. The maximum atomic E-state index is 11.8. The Morgan fingerprint density at radius 1 is 1.15 bits per heavy atom. The van der Waals surface area contributed by atoms with Crippen LogP contribution in [0.4, 0.5) is 0 Å². The first-order valence-corrected chi connectivity index (χ1v) is 6.59. The number of benzene rings is 1. The van der Waals surface area contributed by atoms with Gasteiger partial charge in [-0.1, -0.05) is 36.4 Å². The van der Waals surface area contributed by atoms with E-state index in [-0.39, 0.29) is 11.9 Å². The van der Waals surface area contributed by atoms with Crippen LogP contribution in [0.15, 0.2) is 59.8 Å². The molecule has 0 saturated heterocycles. The number of hydrogen-bond acceptors (Lipinski definition) is 3. The summed E-state index contributed by atoms with van der Waals surface area (Å²) in [6.45, 7) is 1.54. The third-order valence-corrected chi connectivity index (χ3v) is 3.38. The molecule has 4 heteroatoms. The maximum Gasteiger partial charge on any atom is 0.240 e. The lowest BCUT2D eigenvalue weighted by Crippen LogP contribution is -2.24. The van der Waals surface area contributed by atoms with Crippen LogP contribution in [-0.2, 0) is 4.79 Å². The molecule has 20 heavy (non-hydrogen) atoms. The number of nitrogens with zero attached hydrogens (tertiary/aromatic N) is 3. The predicted molar refractivity (Wildman–Crippen MR) is 77.1 cm³/mol. The molecule has 3 rings (SSSR count). The van der Waals surface area contributed by atoms with Crippen LogP contribution in [0.2, 0.25) is 0 Å². The van der Waals surface area contributed by atoms with Crippen LogP contribution in [0, 0.1) is 0 Å². The molecular weight excluding hydrogens is 250 g/mol. The van der Waals surface area contributed by atoms with Crippen LogP contribution in [-0.4, -0.2) is 21.6 Å². The number of aromatic nitrogens is 1. The van der Waals surface area contributed by atoms with Gasteiger partial charge in [0.2, 0.25) is 5.91 Å². The molecule has 0 fully saturated rings. The molecule has 0 N–H and O–H groups in total. The summed E-state index contributed by atoms with van der Waals surface area (Å²) < 4.78 is 0. The minimum Gasteiger partial charge on any atom is -0.273 e. The highest BCUT2D eigenvalue weighted by Gasteiger charge is 2.31. The van der Waals surface area contributed by atoms with E-state index in [0.29, 0.717) is 6.42 Å². The highest BCUT2D eigenvalue weighted by molar-refractivity contribution is 6.01. The zero-order valence-corrected chi connectivity index (χ0v) is 11.2. The fraction of sp³-hybridized carbons (Fsp3) is 0.188. The monoisotopic (exact) mass is 265 g/mol. The number of hydrazone groups is 1. The SMILES string of the molecule is CC(=O)N1N=C(c2ccccn2)C[C@H]1c1ccccc1. The molecule has 1 amide bonds. The van der Waals surface area contributed by atoms with Crippen molar-refractivity contribution in [3.05, 3.63) is 66.0 Å². The van der Waals surface area contributed by atoms with Gasteiger partial charge in [0, 0.05) is 19.5 Å². The Morgan fingerprint density at radius 3 is 2.55 bits per heavy atom. The van der Waals surface area contributed by atoms with Crippen molar-refractivity contribution in [1.29, 1.82) is 0 Å². The Morgan fingerprint density at radius 2 is 1.90 bits per heavy atom. The van der Waals surface area contributed by atoms with Gasteiger partial charge in [-0.25, -0.2) is 5.01 Å². The second-order valence-corrected chi connectivity index (χ2v) is 4.76. The average molecular weight is 265 g/mol. The van der Waals surface area contributed by atoms with Gasteiger partial charge in [-0.15, -0.1) is 0 Å². The average Bonchev–Trinajstić information content (AvgIpc) is 2.94. The molecule has 0 bridgehead atoms. The van der Waals surface area contributed by atoms with Crippen molar-refractivity contribution in [2.45, 2.75) is 19.4 Å². The normalized spacial score (nSPS) is 17.9. The third kappa shape index (κ3) is 2.32. The number of amides is 1. The lowest BCUT2D eigenvalue weighted by atomic mass is 10.0. The van der Waals surface area contributed by atoms with Crippen molar-refractivity contribution >= 4 is 11.6 Å². The summed E-state index contributed by atoms with van der Waals surface area (Å²) in [5, 5.41) is 6.01. The van der Waals surface area contributed by atoms with Crippen LogP contribution in [0.5, 0.6) is 0 Å². The highest BCUT2D eigenvalue weighted by atomic mass is 16.2. The van der Waals surface area contributed by atoms with E-state index in [2.05, 4.69) is 10.1 Å². The smallest absolute Gasteiger partial charge is 0.240 e. The van der Waals surface area contributed by atoms with Crippen LogP contribution in [0.3, 0.4) is 0 Å². The Kier molecular flexibility index (Phi) is 3.29. The quantitative estimate of drug-likeness (QED) is 0.838. The zero-order chi connectivity index (χ0) is 13.9. The largest absolute Gasteiger partial charge is 0.273 e. The molecule has 100 valence electrons. The number of carbonyl (C=O) groups is 1. The van der Waals surface area contributed by atoms with E-state index in [4.69, 9.17) is 0 Å². The van der Waals surface area contributed by atoms with Gasteiger partial charge >= 0.3 is 0 Å². The van der Waals surface area contributed by atoms with Gasteiger partial charge < -0.3 is 0 Å². The summed E-state index contributed by atoms with van der Waals surface area (Å²) in [6.07, 6.45) is 2.44. The minimum absolute atomic E-state index is 0.0364. The fourth-order valence-corrected chi connectivity index (χ4v) is 2.42. The molecular formula is C16H15N3O. The summed E-state index contributed by atoms with van der Waals surface area (Å²) in [7, 11) is 0. The number of rotatable bonds is 2. The first-order chi connectivity index (χ1) is 9.75. The van der Waals surface area contributed by atoms with Crippen molar-refractivity contribution in [3.63, 3.8) is 0 Å². The number of hydrogen-bond donors (Lipinski definition) is 0. The lowest BCUT2D eigenvalue weighted by molar-refractivity contribution is -0.130. The third-order valence-electron chi connectivity index (χ3n) is 3.38. The van der Waals surface area contributed by atoms with Gasteiger partial charge in [-0.05, 0) is 17.7 Å². The summed E-state index contributed by atoms with van der Waals surface area (Å²) in [6, 6.07) is 15.7. The van der Waals surface area contributed by atoms with E-state index in [1.165, 1.54) is 0 Å². The van der Waals surface area contributed by atoms with E-state index >= 15 is 0 Å². The van der Waals surface area contributed by atoms with Gasteiger partial charge in [-0.2, -0.15) is 5.10 Å². The standard InChI is InChI=1S/C16H15N3O/c1-12(20)19-16(13-7-3-2-4-8-13)11-15(18-19)14-9-5-6-10-17-14/h2-10,16H,11H2,1H3/t16-/m0/s1. The minimum atomic E-state index is -0.0511. The Bertz CT molecular complexity index is 637. The van der Waals surface area contributed by atoms with E-state index in [0.717, 1.165) is 17.0 Å². The van der Waals surface area contributed by atoms with Crippen molar-refractivity contribution in [3.8, 4) is 0 Å². The molecule has 0 aliphatic carbocycles. The second kappa shape index (κ2) is 5.25. The first-order valence-electron chi connectivity index (χ1n) is 6.59. The number of pyridine rings is 1. The Labute approximate surface area is 117 Å². The van der Waals surface area contributed by atoms with Crippen LogP contribution in [0.1, 0.15) is 30.6 Å². The first kappa shape index (κ1) is 12.5.